The Balaban J connectivity index is 1.85. The highest BCUT2D eigenvalue weighted by Crippen LogP contribution is 2.65. The normalized spacial score (nSPS) is 16.0. The van der Waals surface area contributed by atoms with E-state index in [1.54, 1.807) is 30.1 Å². The summed E-state index contributed by atoms with van der Waals surface area (Å²) in [5, 5.41) is 18.3. The van der Waals surface area contributed by atoms with Crippen molar-refractivity contribution in [1.82, 2.24) is 0 Å². The van der Waals surface area contributed by atoms with Crippen molar-refractivity contribution in [3.8, 4) is 5.75 Å². The molecule has 0 radical (unpaired) electrons. The number of phenolic OH excluding ortho intramolecular Hbond substituents is 1. The van der Waals surface area contributed by atoms with Gasteiger partial charge in [0.15, 0.2) is 11.0 Å². The van der Waals surface area contributed by atoms with E-state index in [9.17, 15) is 14.5 Å². The molecule has 0 bridgehead atoms. The zero-order valence-corrected chi connectivity index (χ0v) is 15.4. The molecule has 2 aromatic carbocycles. The van der Waals surface area contributed by atoms with Crippen molar-refractivity contribution >= 4 is 43.0 Å². The summed E-state index contributed by atoms with van der Waals surface area (Å²) in [4.78, 5) is 11.1. The Kier molecular flexibility index (Phi) is 4.88. The smallest absolute Gasteiger partial charge is 0.380 e. The van der Waals surface area contributed by atoms with Crippen molar-refractivity contribution in [3.63, 3.8) is 0 Å². The first-order valence-electron chi connectivity index (χ1n) is 7.50. The van der Waals surface area contributed by atoms with E-state index in [1.807, 2.05) is 6.07 Å². The second-order valence-electron chi connectivity index (χ2n) is 5.89. The van der Waals surface area contributed by atoms with Crippen molar-refractivity contribution in [2.24, 2.45) is 0 Å². The minimum Gasteiger partial charge on any atom is -0.508 e. The molecule has 0 aliphatic heterocycles. The summed E-state index contributed by atoms with van der Waals surface area (Å²) < 4.78 is 12.8. The lowest BCUT2D eigenvalue weighted by Crippen LogP contribution is -1.99. The fourth-order valence-corrected chi connectivity index (χ4v) is 4.94. The summed E-state index contributed by atoms with van der Waals surface area (Å²) in [5.41, 5.74) is 1.29. The molecule has 2 N–H and O–H groups in total. The van der Waals surface area contributed by atoms with Crippen LogP contribution in [0.1, 0.15) is 34.3 Å². The van der Waals surface area contributed by atoms with Crippen LogP contribution in [-0.2, 0) is 9.72 Å². The maximum Gasteiger partial charge on any atom is 0.380 e. The van der Waals surface area contributed by atoms with Crippen LogP contribution in [0.2, 0.25) is 10.0 Å². The molecule has 1 aliphatic rings. The zero-order valence-electron chi connectivity index (χ0n) is 12.9. The van der Waals surface area contributed by atoms with E-state index < -0.39 is 18.9 Å². The summed E-state index contributed by atoms with van der Waals surface area (Å²) in [6, 6.07) is 9.78. The maximum atomic E-state index is 12.8. The number of aromatic carboxylic acids is 1. The van der Waals surface area contributed by atoms with E-state index >= 15 is 0 Å². The molecule has 7 heteroatoms. The number of carboxylic acids is 1. The molecule has 0 heterocycles. The third-order valence-corrected chi connectivity index (χ3v) is 6.77. The first kappa shape index (κ1) is 17.9. The lowest BCUT2D eigenvalue weighted by atomic mass is 10.1. The minimum atomic E-state index is -1.71. The van der Waals surface area contributed by atoms with Gasteiger partial charge < -0.3 is 10.2 Å². The standard InChI is InChI=1S/C18H13Cl2O4P/c19-14-8-11(9-15(20)16(14)17(22)23)4-7-25(24)18(5-6-18)12-2-1-3-13(21)10-12/h1-4,7-10H,5-6H2,(H-,21,22,23)/p+1/b7-4+. The molecular weight excluding hydrogens is 382 g/mol. The highest BCUT2D eigenvalue weighted by atomic mass is 35.5. The van der Waals surface area contributed by atoms with Crippen LogP contribution in [0.15, 0.2) is 42.2 Å². The molecule has 1 aliphatic carbocycles. The van der Waals surface area contributed by atoms with Gasteiger partial charge in [0.2, 0.25) is 0 Å². The minimum absolute atomic E-state index is 0.0315. The molecule has 2 aromatic rings. The average Bonchev–Trinajstić information content (AvgIpc) is 3.33. The first-order chi connectivity index (χ1) is 11.8. The van der Waals surface area contributed by atoms with Crippen molar-refractivity contribution in [3.05, 3.63) is 69.0 Å². The van der Waals surface area contributed by atoms with Gasteiger partial charge in [-0.3, -0.25) is 0 Å². The zero-order chi connectivity index (χ0) is 18.2. The Bertz CT molecular complexity index is 881. The second kappa shape index (κ2) is 6.80. The second-order valence-corrected chi connectivity index (χ2v) is 8.51. The van der Waals surface area contributed by atoms with Crippen molar-refractivity contribution in [1.29, 1.82) is 0 Å². The molecule has 0 amide bonds. The van der Waals surface area contributed by atoms with Gasteiger partial charge in [-0.25, -0.2) is 4.79 Å². The highest BCUT2D eigenvalue weighted by Gasteiger charge is 2.60. The van der Waals surface area contributed by atoms with Crippen LogP contribution in [0, 0.1) is 0 Å². The summed E-state index contributed by atoms with van der Waals surface area (Å²) in [6.45, 7) is 0. The van der Waals surface area contributed by atoms with E-state index in [1.165, 1.54) is 12.1 Å². The molecule has 0 saturated heterocycles. The molecule has 1 atom stereocenters. The summed E-state index contributed by atoms with van der Waals surface area (Å²) in [6.07, 6.45) is 3.20. The lowest BCUT2D eigenvalue weighted by Gasteiger charge is -2.04. The summed E-state index contributed by atoms with van der Waals surface area (Å²) >= 11 is 11.9. The fourth-order valence-electron chi connectivity index (χ4n) is 2.74. The first-order valence-corrected chi connectivity index (χ1v) is 9.58. The lowest BCUT2D eigenvalue weighted by molar-refractivity contribution is 0.0697. The molecular formula is C18H14Cl2O4P+. The third kappa shape index (κ3) is 3.57. The van der Waals surface area contributed by atoms with E-state index in [-0.39, 0.29) is 21.4 Å². The van der Waals surface area contributed by atoms with E-state index in [4.69, 9.17) is 28.3 Å². The van der Waals surface area contributed by atoms with E-state index in [0.717, 1.165) is 18.4 Å². The van der Waals surface area contributed by atoms with Crippen molar-refractivity contribution in [2.75, 3.05) is 0 Å². The number of carbonyl (C=O) groups is 1. The number of rotatable bonds is 5. The predicted octanol–water partition coefficient (Wildman–Crippen LogP) is 5.88. The quantitative estimate of drug-likeness (QED) is 0.619. The van der Waals surface area contributed by atoms with Gasteiger partial charge in [-0.2, -0.15) is 0 Å². The third-order valence-electron chi connectivity index (χ3n) is 4.21. The molecule has 25 heavy (non-hydrogen) atoms. The number of phenols is 1. The fraction of sp³-hybridized carbons (Fsp3) is 0.167. The van der Waals surface area contributed by atoms with Crippen LogP contribution in [0.3, 0.4) is 0 Å². The predicted molar refractivity (Wildman–Crippen MR) is 99.1 cm³/mol. The monoisotopic (exact) mass is 395 g/mol. The van der Waals surface area contributed by atoms with Gasteiger partial charge in [-0.15, -0.1) is 0 Å². The van der Waals surface area contributed by atoms with Gasteiger partial charge in [-0.1, -0.05) is 39.9 Å². The topological polar surface area (TPSA) is 74.6 Å². The summed E-state index contributed by atoms with van der Waals surface area (Å²) in [7, 11) is -1.71. The number of benzene rings is 2. The van der Waals surface area contributed by atoms with E-state index in [0.29, 0.717) is 5.56 Å². The van der Waals surface area contributed by atoms with Gasteiger partial charge in [0, 0.05) is 18.4 Å². The Labute approximate surface area is 155 Å². The van der Waals surface area contributed by atoms with E-state index in [2.05, 4.69) is 0 Å². The van der Waals surface area contributed by atoms with Gasteiger partial charge in [0.1, 0.15) is 5.75 Å². The number of aromatic hydroxyl groups is 1. The molecule has 0 aromatic heterocycles. The van der Waals surface area contributed by atoms with Crippen LogP contribution in [0.25, 0.3) is 6.08 Å². The molecule has 4 nitrogen and oxygen atoms in total. The SMILES string of the molecule is O=C(O)c1c(Cl)cc(/C=C/[P+](=O)C2(c3cccc(O)c3)CC2)cc1Cl. The molecule has 1 saturated carbocycles. The Morgan fingerprint density at radius 1 is 1.16 bits per heavy atom. The van der Waals surface area contributed by atoms with Gasteiger partial charge in [0.25, 0.3) is 0 Å². The average molecular weight is 396 g/mol. The number of hydrogen-bond donors (Lipinski definition) is 2. The van der Waals surface area contributed by atoms with Crippen LogP contribution in [0.5, 0.6) is 5.75 Å². The largest absolute Gasteiger partial charge is 0.508 e. The molecule has 1 fully saturated rings. The number of hydrogen-bond acceptors (Lipinski definition) is 3. The van der Waals surface area contributed by atoms with Crippen molar-refractivity contribution in [2.45, 2.75) is 18.0 Å². The molecule has 1 unspecified atom stereocenters. The van der Waals surface area contributed by atoms with Crippen LogP contribution < -0.4 is 0 Å². The van der Waals surface area contributed by atoms with Gasteiger partial charge in [-0.05, 0) is 35.9 Å². The highest BCUT2D eigenvalue weighted by molar-refractivity contribution is 7.50. The van der Waals surface area contributed by atoms with Crippen LogP contribution >= 0.6 is 31.0 Å². The molecule has 128 valence electrons. The number of halogens is 2. The maximum absolute atomic E-state index is 12.8. The Morgan fingerprint density at radius 2 is 1.80 bits per heavy atom. The van der Waals surface area contributed by atoms with Gasteiger partial charge >= 0.3 is 13.8 Å². The van der Waals surface area contributed by atoms with Crippen molar-refractivity contribution < 1.29 is 19.6 Å². The van der Waals surface area contributed by atoms with Gasteiger partial charge in [0.05, 0.1) is 15.6 Å². The van der Waals surface area contributed by atoms with Crippen LogP contribution in [-0.4, -0.2) is 16.2 Å². The Morgan fingerprint density at radius 3 is 2.32 bits per heavy atom. The summed E-state index contributed by atoms with van der Waals surface area (Å²) in [5.74, 6) is 0.547. The molecule has 3 rings (SSSR count). The Hall–Kier alpha value is -1.87. The molecule has 0 spiro atoms. The number of carboxylic acid groups (broad SMARTS) is 1. The van der Waals surface area contributed by atoms with Crippen LogP contribution in [0.4, 0.5) is 0 Å².